The van der Waals surface area contributed by atoms with Crippen LogP contribution in [0.2, 0.25) is 0 Å². The van der Waals surface area contributed by atoms with Crippen molar-refractivity contribution in [3.8, 4) is 0 Å². The van der Waals surface area contributed by atoms with Crippen LogP contribution in [-0.4, -0.2) is 16.2 Å². The Labute approximate surface area is 141 Å². The van der Waals surface area contributed by atoms with E-state index in [4.69, 9.17) is 14.1 Å². The molecule has 0 N–H and O–H groups in total. The van der Waals surface area contributed by atoms with Crippen LogP contribution in [0.4, 0.5) is 5.69 Å². The number of benzene rings is 1. The molecule has 0 amide bonds. The molecule has 5 heteroatoms. The Kier molecular flexibility index (Phi) is 3.03. The smallest absolute Gasteiger partial charge is 0.227 e. The second-order valence-electron chi connectivity index (χ2n) is 7.53. The van der Waals surface area contributed by atoms with Crippen molar-refractivity contribution in [1.29, 1.82) is 0 Å². The molecule has 0 saturated carbocycles. The lowest BCUT2D eigenvalue weighted by Crippen LogP contribution is -2.41. The third-order valence-electron chi connectivity index (χ3n) is 4.97. The number of hydrogen-bond donors (Lipinski definition) is 0. The predicted molar refractivity (Wildman–Crippen MR) is 93.8 cm³/mol. The van der Waals surface area contributed by atoms with Crippen molar-refractivity contribution in [2.24, 2.45) is 0 Å². The van der Waals surface area contributed by atoms with Crippen molar-refractivity contribution in [2.75, 3.05) is 5.23 Å². The first-order chi connectivity index (χ1) is 11.2. The maximum atomic E-state index is 6.06. The molecular weight excluding hydrogens is 304 g/mol. The molecule has 0 aliphatic carbocycles. The Morgan fingerprint density at radius 2 is 1.58 bits per heavy atom. The van der Waals surface area contributed by atoms with Crippen LogP contribution in [0.15, 0.2) is 28.7 Å². The van der Waals surface area contributed by atoms with Crippen molar-refractivity contribution in [3.63, 3.8) is 0 Å². The average Bonchev–Trinajstić information content (AvgIpc) is 2.92. The number of aromatic nitrogens is 1. The van der Waals surface area contributed by atoms with Gasteiger partial charge in [-0.3, -0.25) is 0 Å². The first-order valence-electron chi connectivity index (χ1n) is 8.17. The van der Waals surface area contributed by atoms with Gasteiger partial charge < -0.3 is 4.42 Å². The van der Waals surface area contributed by atoms with Gasteiger partial charge in [-0.1, -0.05) is 0 Å². The van der Waals surface area contributed by atoms with E-state index in [1.807, 2.05) is 52.8 Å². The number of nitrogens with zero attached hydrogens (tertiary/aromatic N) is 2. The molecule has 126 valence electrons. The lowest BCUT2D eigenvalue weighted by molar-refractivity contribution is -0.0269. The number of pyridine rings is 1. The van der Waals surface area contributed by atoms with Crippen LogP contribution in [-0.2, 0) is 9.68 Å². The van der Waals surface area contributed by atoms with E-state index in [1.54, 1.807) is 0 Å². The zero-order chi connectivity index (χ0) is 17.3. The highest BCUT2D eigenvalue weighted by Gasteiger charge is 2.50. The minimum Gasteiger partial charge on any atom is -0.435 e. The molecule has 0 radical (unpaired) electrons. The molecule has 1 saturated heterocycles. The number of aryl methyl sites for hydroxylation is 2. The molecule has 3 heterocycles. The van der Waals surface area contributed by atoms with Gasteiger partial charge in [0.1, 0.15) is 16.9 Å². The molecule has 0 spiro atoms. The van der Waals surface area contributed by atoms with Gasteiger partial charge in [0, 0.05) is 16.5 Å². The van der Waals surface area contributed by atoms with Crippen molar-refractivity contribution in [3.05, 3.63) is 35.5 Å². The van der Waals surface area contributed by atoms with Gasteiger partial charge >= 0.3 is 0 Å². The van der Waals surface area contributed by atoms with Gasteiger partial charge in [-0.2, -0.15) is 0 Å². The van der Waals surface area contributed by atoms with Crippen LogP contribution in [0.1, 0.15) is 39.0 Å². The van der Waals surface area contributed by atoms with E-state index in [2.05, 4.69) is 18.0 Å². The van der Waals surface area contributed by atoms with Crippen LogP contribution >= 0.6 is 0 Å². The van der Waals surface area contributed by atoms with Gasteiger partial charge in [-0.25, -0.2) is 14.7 Å². The summed E-state index contributed by atoms with van der Waals surface area (Å²) >= 11 is 0. The van der Waals surface area contributed by atoms with Gasteiger partial charge in [0.25, 0.3) is 0 Å². The first-order valence-corrected chi connectivity index (χ1v) is 8.17. The van der Waals surface area contributed by atoms with Gasteiger partial charge in [-0.05, 0) is 71.4 Å². The molecule has 2 aromatic heterocycles. The minimum absolute atomic E-state index is 0.454. The summed E-state index contributed by atoms with van der Waals surface area (Å²) in [7, 11) is 0. The van der Waals surface area contributed by atoms with Crippen molar-refractivity contribution < 1.29 is 14.1 Å². The molecule has 5 nitrogen and oxygen atoms in total. The lowest BCUT2D eigenvalue weighted by atomic mass is 9.90. The molecule has 0 bridgehead atoms. The van der Waals surface area contributed by atoms with Gasteiger partial charge in [0.2, 0.25) is 5.71 Å². The quantitative estimate of drug-likeness (QED) is 0.640. The third kappa shape index (κ3) is 2.12. The summed E-state index contributed by atoms with van der Waals surface area (Å²) in [6, 6.07) is 8.16. The fraction of sp³-hybridized carbons (Fsp3) is 0.421. The van der Waals surface area contributed by atoms with E-state index in [9.17, 15) is 0 Å². The van der Waals surface area contributed by atoms with Crippen molar-refractivity contribution >= 4 is 27.8 Å². The van der Waals surface area contributed by atoms with Crippen LogP contribution in [0.5, 0.6) is 0 Å². The number of hydrogen-bond acceptors (Lipinski definition) is 5. The molecule has 1 aromatic carbocycles. The Bertz CT molecular complexity index is 940. The zero-order valence-electron chi connectivity index (χ0n) is 14.9. The summed E-state index contributed by atoms with van der Waals surface area (Å²) in [4.78, 5) is 16.6. The van der Waals surface area contributed by atoms with Gasteiger partial charge in [0.15, 0.2) is 5.58 Å². The molecule has 3 aromatic rings. The van der Waals surface area contributed by atoms with Gasteiger partial charge in [-0.15, -0.1) is 5.23 Å². The van der Waals surface area contributed by atoms with E-state index in [0.29, 0.717) is 5.71 Å². The van der Waals surface area contributed by atoms with E-state index in [-0.39, 0.29) is 0 Å². The highest BCUT2D eigenvalue weighted by molar-refractivity contribution is 6.08. The van der Waals surface area contributed by atoms with Crippen molar-refractivity contribution in [1.82, 2.24) is 4.98 Å². The number of fused-ring (bicyclic) bond motifs is 3. The molecule has 4 rings (SSSR count). The standard InChI is InChI=1S/C19H22N2O3/c1-11-9-14-13-8-7-12(2)20-17(13)22-16(14)15(10-11)21-23-18(3,4)19(5,6)24-21/h7-10H,1-6H3. The summed E-state index contributed by atoms with van der Waals surface area (Å²) in [5.74, 6) is 0. The normalized spacial score (nSPS) is 19.5. The van der Waals surface area contributed by atoms with E-state index >= 15 is 0 Å². The molecule has 1 aliphatic heterocycles. The van der Waals surface area contributed by atoms with Crippen LogP contribution in [0.3, 0.4) is 0 Å². The SMILES string of the molecule is Cc1cc(N2OC(C)(C)C(C)(C)O2)c2oc3nc(C)ccc3c2c1. The summed E-state index contributed by atoms with van der Waals surface area (Å²) in [6.07, 6.45) is 0. The van der Waals surface area contributed by atoms with Crippen LogP contribution in [0.25, 0.3) is 22.1 Å². The average molecular weight is 326 g/mol. The molecule has 1 aliphatic rings. The highest BCUT2D eigenvalue weighted by atomic mass is 17.0. The Hall–Kier alpha value is -2.11. The fourth-order valence-electron chi connectivity index (χ4n) is 2.86. The Balaban J connectivity index is 1.95. The number of anilines is 1. The summed E-state index contributed by atoms with van der Waals surface area (Å²) in [5.41, 5.74) is 3.25. The molecule has 0 atom stereocenters. The topological polar surface area (TPSA) is 47.7 Å². The second-order valence-corrected chi connectivity index (χ2v) is 7.53. The minimum atomic E-state index is -0.454. The zero-order valence-corrected chi connectivity index (χ0v) is 14.9. The van der Waals surface area contributed by atoms with E-state index in [1.165, 1.54) is 5.23 Å². The van der Waals surface area contributed by atoms with Gasteiger partial charge in [0.05, 0.1) is 0 Å². The largest absolute Gasteiger partial charge is 0.435 e. The van der Waals surface area contributed by atoms with E-state index in [0.717, 1.165) is 33.3 Å². The molecule has 0 unspecified atom stereocenters. The summed E-state index contributed by atoms with van der Waals surface area (Å²) in [6.45, 7) is 12.1. The maximum Gasteiger partial charge on any atom is 0.227 e. The summed E-state index contributed by atoms with van der Waals surface area (Å²) < 4.78 is 6.06. The second kappa shape index (κ2) is 4.71. The monoisotopic (exact) mass is 326 g/mol. The molecular formula is C19H22N2O3. The molecule has 1 fully saturated rings. The maximum absolute atomic E-state index is 6.06. The highest BCUT2D eigenvalue weighted by Crippen LogP contribution is 2.43. The lowest BCUT2D eigenvalue weighted by Gasteiger charge is -2.26. The number of rotatable bonds is 1. The summed E-state index contributed by atoms with van der Waals surface area (Å²) in [5, 5.41) is 3.50. The number of furan rings is 1. The van der Waals surface area contributed by atoms with Crippen molar-refractivity contribution in [2.45, 2.75) is 52.7 Å². The fourth-order valence-corrected chi connectivity index (χ4v) is 2.86. The Morgan fingerprint density at radius 3 is 2.25 bits per heavy atom. The Morgan fingerprint density at radius 1 is 0.917 bits per heavy atom. The van der Waals surface area contributed by atoms with E-state index < -0.39 is 11.2 Å². The first kappa shape index (κ1) is 15.4. The van der Waals surface area contributed by atoms with Crippen LogP contribution in [0, 0.1) is 13.8 Å². The predicted octanol–water partition coefficient (Wildman–Crippen LogP) is 4.84. The van der Waals surface area contributed by atoms with Crippen LogP contribution < -0.4 is 5.23 Å². The third-order valence-corrected chi connectivity index (χ3v) is 4.97. The molecule has 24 heavy (non-hydrogen) atoms.